The Balaban J connectivity index is 2.58. The molecule has 1 rings (SSSR count). The number of hydrogen-bond acceptors (Lipinski definition) is 5. The number of ether oxygens (including phenoxy) is 1. The number of carbonyl (C=O) groups is 2. The lowest BCUT2D eigenvalue weighted by atomic mass is 9.90. The Bertz CT molecular complexity index is 381. The zero-order valence-electron chi connectivity index (χ0n) is 13.8. The van der Waals surface area contributed by atoms with E-state index in [4.69, 9.17) is 15.6 Å². The predicted molar refractivity (Wildman–Crippen MR) is 83.2 cm³/mol. The third kappa shape index (κ3) is 7.61. The fourth-order valence-electron chi connectivity index (χ4n) is 2.82. The Morgan fingerprint density at radius 2 is 2.05 bits per heavy atom. The van der Waals surface area contributed by atoms with Crippen molar-refractivity contribution in [1.82, 2.24) is 10.2 Å². The number of amides is 2. The third-order valence-corrected chi connectivity index (χ3v) is 3.48. The van der Waals surface area contributed by atoms with E-state index >= 15 is 0 Å². The van der Waals surface area contributed by atoms with E-state index in [0.717, 1.165) is 19.4 Å². The first-order chi connectivity index (χ1) is 10.2. The molecule has 22 heavy (non-hydrogen) atoms. The number of primary amides is 1. The van der Waals surface area contributed by atoms with Crippen LogP contribution in [0.5, 0.6) is 0 Å². The minimum atomic E-state index is -0.540. The number of hydrogen-bond donors (Lipinski definition) is 3. The van der Waals surface area contributed by atoms with E-state index in [1.165, 1.54) is 0 Å². The number of likely N-dealkylation sites (tertiary alicyclic amines) is 1. The summed E-state index contributed by atoms with van der Waals surface area (Å²) in [7, 11) is 0. The van der Waals surface area contributed by atoms with Gasteiger partial charge in [0.05, 0.1) is 6.54 Å². The molecule has 4 N–H and O–H groups in total. The van der Waals surface area contributed by atoms with E-state index in [9.17, 15) is 9.59 Å². The van der Waals surface area contributed by atoms with Crippen molar-refractivity contribution in [3.8, 4) is 0 Å². The standard InChI is InChI=1S/C15H29N3O4/c1-15(2,3)22-14(21)17-12-7-11(5-4-6-19)8-18(9-12)10-13(16)20/h11-12,19H,4-10H2,1-3H3,(H2,16,20)(H,17,21). The summed E-state index contributed by atoms with van der Waals surface area (Å²) in [5.74, 6) is -0.0565. The molecule has 1 heterocycles. The maximum Gasteiger partial charge on any atom is 0.407 e. The van der Waals surface area contributed by atoms with Gasteiger partial charge in [0, 0.05) is 25.7 Å². The monoisotopic (exact) mass is 315 g/mol. The maximum atomic E-state index is 11.9. The van der Waals surface area contributed by atoms with Crippen LogP contribution in [0, 0.1) is 5.92 Å². The highest BCUT2D eigenvalue weighted by Gasteiger charge is 2.29. The first-order valence-corrected chi connectivity index (χ1v) is 7.80. The molecule has 2 amide bonds. The molecular formula is C15H29N3O4. The summed E-state index contributed by atoms with van der Waals surface area (Å²) < 4.78 is 5.27. The Hall–Kier alpha value is -1.34. The van der Waals surface area contributed by atoms with E-state index in [0.29, 0.717) is 18.9 Å². The minimum Gasteiger partial charge on any atom is -0.444 e. The van der Waals surface area contributed by atoms with Crippen LogP contribution in [-0.4, -0.2) is 59.9 Å². The zero-order chi connectivity index (χ0) is 16.8. The highest BCUT2D eigenvalue weighted by molar-refractivity contribution is 5.76. The number of aliphatic hydroxyl groups excluding tert-OH is 1. The Kier molecular flexibility index (Phi) is 7.09. The number of rotatable bonds is 6. The van der Waals surface area contributed by atoms with Gasteiger partial charge in [-0.1, -0.05) is 0 Å². The molecule has 1 aliphatic heterocycles. The smallest absolute Gasteiger partial charge is 0.407 e. The van der Waals surface area contributed by atoms with Crippen LogP contribution >= 0.6 is 0 Å². The molecule has 7 nitrogen and oxygen atoms in total. The van der Waals surface area contributed by atoms with Crippen LogP contribution in [-0.2, 0) is 9.53 Å². The number of piperidine rings is 1. The van der Waals surface area contributed by atoms with Crippen molar-refractivity contribution in [2.75, 3.05) is 26.2 Å². The fourth-order valence-corrected chi connectivity index (χ4v) is 2.82. The molecule has 0 spiro atoms. The minimum absolute atomic E-state index is 0.0772. The summed E-state index contributed by atoms with van der Waals surface area (Å²) in [6, 6.07) is -0.0772. The van der Waals surface area contributed by atoms with Crippen LogP contribution in [0.1, 0.15) is 40.0 Å². The van der Waals surface area contributed by atoms with Crippen molar-refractivity contribution >= 4 is 12.0 Å². The Morgan fingerprint density at radius 3 is 2.59 bits per heavy atom. The lowest BCUT2D eigenvalue weighted by Gasteiger charge is -2.37. The SMILES string of the molecule is CC(C)(C)OC(=O)NC1CC(CCCO)CN(CC(N)=O)C1. The Labute approximate surface area is 132 Å². The van der Waals surface area contributed by atoms with E-state index in [-0.39, 0.29) is 25.1 Å². The molecule has 0 bridgehead atoms. The van der Waals surface area contributed by atoms with Crippen molar-refractivity contribution in [2.24, 2.45) is 11.7 Å². The summed E-state index contributed by atoms with van der Waals surface area (Å²) in [4.78, 5) is 25.0. The van der Waals surface area contributed by atoms with Gasteiger partial charge in [-0.3, -0.25) is 9.69 Å². The van der Waals surface area contributed by atoms with Crippen LogP contribution < -0.4 is 11.1 Å². The van der Waals surface area contributed by atoms with Gasteiger partial charge < -0.3 is 20.9 Å². The highest BCUT2D eigenvalue weighted by Crippen LogP contribution is 2.21. The van der Waals surface area contributed by atoms with Crippen LogP contribution in [0.2, 0.25) is 0 Å². The molecule has 2 atom stereocenters. The normalized spacial score (nSPS) is 23.1. The molecule has 0 saturated carbocycles. The second kappa shape index (κ2) is 8.33. The van der Waals surface area contributed by atoms with Gasteiger partial charge in [-0.2, -0.15) is 0 Å². The summed E-state index contributed by atoms with van der Waals surface area (Å²) >= 11 is 0. The molecule has 0 aromatic carbocycles. The van der Waals surface area contributed by atoms with Crippen LogP contribution in [0.4, 0.5) is 4.79 Å². The molecule has 0 aliphatic carbocycles. The lowest BCUT2D eigenvalue weighted by molar-refractivity contribution is -0.119. The number of nitrogens with zero attached hydrogens (tertiary/aromatic N) is 1. The van der Waals surface area contributed by atoms with Crippen molar-refractivity contribution in [3.05, 3.63) is 0 Å². The lowest BCUT2D eigenvalue weighted by Crippen LogP contribution is -2.53. The van der Waals surface area contributed by atoms with E-state index < -0.39 is 11.7 Å². The molecule has 0 aromatic heterocycles. The number of aliphatic hydroxyl groups is 1. The van der Waals surface area contributed by atoms with Gasteiger partial charge in [-0.05, 0) is 46.0 Å². The van der Waals surface area contributed by atoms with Gasteiger partial charge in [0.15, 0.2) is 0 Å². The van der Waals surface area contributed by atoms with Crippen molar-refractivity contribution in [3.63, 3.8) is 0 Å². The molecule has 7 heteroatoms. The first kappa shape index (κ1) is 18.7. The topological polar surface area (TPSA) is 105 Å². The first-order valence-electron chi connectivity index (χ1n) is 7.80. The average Bonchev–Trinajstić information content (AvgIpc) is 2.32. The molecule has 0 radical (unpaired) electrons. The average molecular weight is 315 g/mol. The van der Waals surface area contributed by atoms with Gasteiger partial charge >= 0.3 is 6.09 Å². The summed E-state index contributed by atoms with van der Waals surface area (Å²) in [5, 5.41) is 11.8. The molecule has 1 aliphatic rings. The number of carbonyl (C=O) groups excluding carboxylic acids is 2. The van der Waals surface area contributed by atoms with E-state index in [1.807, 2.05) is 25.7 Å². The molecule has 1 fully saturated rings. The van der Waals surface area contributed by atoms with Crippen LogP contribution in [0.15, 0.2) is 0 Å². The number of alkyl carbamates (subject to hydrolysis) is 1. The molecular weight excluding hydrogens is 286 g/mol. The summed E-state index contributed by atoms with van der Waals surface area (Å²) in [5.41, 5.74) is 4.73. The quantitative estimate of drug-likeness (QED) is 0.660. The second-order valence-corrected chi connectivity index (χ2v) is 6.97. The largest absolute Gasteiger partial charge is 0.444 e. The molecule has 128 valence electrons. The summed E-state index contributed by atoms with van der Waals surface area (Å²) in [6.07, 6.45) is 1.94. The second-order valence-electron chi connectivity index (χ2n) is 6.97. The maximum absolute atomic E-state index is 11.9. The van der Waals surface area contributed by atoms with Crippen molar-refractivity contribution in [1.29, 1.82) is 0 Å². The van der Waals surface area contributed by atoms with Crippen molar-refractivity contribution < 1.29 is 19.4 Å². The van der Waals surface area contributed by atoms with Gasteiger partial charge in [0.25, 0.3) is 0 Å². The molecule has 2 unspecified atom stereocenters. The van der Waals surface area contributed by atoms with Gasteiger partial charge in [-0.15, -0.1) is 0 Å². The zero-order valence-corrected chi connectivity index (χ0v) is 13.8. The predicted octanol–water partition coefficient (Wildman–Crippen LogP) is 0.459. The highest BCUT2D eigenvalue weighted by atomic mass is 16.6. The van der Waals surface area contributed by atoms with Crippen molar-refractivity contribution in [2.45, 2.75) is 51.7 Å². The Morgan fingerprint density at radius 1 is 1.36 bits per heavy atom. The summed E-state index contributed by atoms with van der Waals surface area (Å²) in [6.45, 7) is 7.12. The van der Waals surface area contributed by atoms with Gasteiger partial charge in [0.2, 0.25) is 5.91 Å². The number of nitrogens with two attached hydrogens (primary N) is 1. The molecule has 0 aromatic rings. The van der Waals surface area contributed by atoms with E-state index in [1.54, 1.807) is 0 Å². The van der Waals surface area contributed by atoms with Crippen LogP contribution in [0.25, 0.3) is 0 Å². The van der Waals surface area contributed by atoms with Crippen LogP contribution in [0.3, 0.4) is 0 Å². The molecule has 1 saturated heterocycles. The number of nitrogens with one attached hydrogen (secondary N) is 1. The third-order valence-electron chi connectivity index (χ3n) is 3.48. The van der Waals surface area contributed by atoms with Gasteiger partial charge in [0.1, 0.15) is 5.60 Å². The van der Waals surface area contributed by atoms with E-state index in [2.05, 4.69) is 5.32 Å². The van der Waals surface area contributed by atoms with Gasteiger partial charge in [-0.25, -0.2) is 4.79 Å². The fraction of sp³-hybridized carbons (Fsp3) is 0.867.